The van der Waals surface area contributed by atoms with Crippen molar-refractivity contribution in [3.05, 3.63) is 62.5 Å². The van der Waals surface area contributed by atoms with Crippen LogP contribution in [0.1, 0.15) is 39.5 Å². The van der Waals surface area contributed by atoms with E-state index in [2.05, 4.69) is 4.98 Å². The molecule has 3 aromatic rings. The van der Waals surface area contributed by atoms with Crippen LogP contribution < -0.4 is 10.3 Å². The van der Waals surface area contributed by atoms with Crippen LogP contribution >= 0.6 is 11.3 Å². The average Bonchev–Trinajstić information content (AvgIpc) is 3.10. The predicted molar refractivity (Wildman–Crippen MR) is 103 cm³/mol. The molecule has 0 saturated carbocycles. The zero-order valence-corrected chi connectivity index (χ0v) is 15.9. The second-order valence-electron chi connectivity index (χ2n) is 6.52. The number of aryl methyl sites for hydroxylation is 2. The lowest BCUT2D eigenvalue weighted by atomic mass is 10.0. The minimum atomic E-state index is -0.563. The van der Waals surface area contributed by atoms with Crippen LogP contribution in [0.5, 0.6) is 5.75 Å². The number of thiazole rings is 1. The van der Waals surface area contributed by atoms with E-state index < -0.39 is 5.97 Å². The molecule has 0 unspecified atom stereocenters. The summed E-state index contributed by atoms with van der Waals surface area (Å²) in [4.78, 5) is 41.4. The molecule has 0 spiro atoms. The fourth-order valence-corrected chi connectivity index (χ4v) is 4.43. The Bertz CT molecular complexity index is 1080. The lowest BCUT2D eigenvalue weighted by Crippen LogP contribution is -2.19. The summed E-state index contributed by atoms with van der Waals surface area (Å²) in [6.45, 7) is -0.352. The first-order valence-corrected chi connectivity index (χ1v) is 9.82. The third kappa shape index (κ3) is 3.82. The van der Waals surface area contributed by atoms with Crippen molar-refractivity contribution in [3.8, 4) is 5.75 Å². The minimum absolute atomic E-state index is 0.0828. The molecule has 2 heterocycles. The van der Waals surface area contributed by atoms with Gasteiger partial charge in [-0.1, -0.05) is 0 Å². The van der Waals surface area contributed by atoms with Gasteiger partial charge in [-0.25, -0.2) is 9.78 Å². The van der Waals surface area contributed by atoms with Crippen LogP contribution in [0.25, 0.3) is 4.96 Å². The first-order valence-electron chi connectivity index (χ1n) is 9.01. The van der Waals surface area contributed by atoms with E-state index in [1.807, 2.05) is 0 Å². The third-order valence-electron chi connectivity index (χ3n) is 4.57. The lowest BCUT2D eigenvalue weighted by molar-refractivity contribution is -0.147. The number of aldehydes is 1. The average molecular weight is 398 g/mol. The Kier molecular flexibility index (Phi) is 5.21. The molecule has 0 aliphatic heterocycles. The van der Waals surface area contributed by atoms with Crippen molar-refractivity contribution in [2.24, 2.45) is 0 Å². The normalized spacial score (nSPS) is 13.1. The Hall–Kier alpha value is -3.00. The smallest absolute Gasteiger partial charge is 0.344 e. The molecule has 0 bridgehead atoms. The van der Waals surface area contributed by atoms with Crippen LogP contribution in [0.4, 0.5) is 0 Å². The number of hydrogen-bond acceptors (Lipinski definition) is 7. The van der Waals surface area contributed by atoms with Gasteiger partial charge < -0.3 is 9.47 Å². The minimum Gasteiger partial charge on any atom is -0.482 e. The molecule has 0 fully saturated rings. The summed E-state index contributed by atoms with van der Waals surface area (Å²) in [6.07, 6.45) is 4.84. The number of rotatable bonds is 6. The molecule has 1 aliphatic rings. The van der Waals surface area contributed by atoms with Gasteiger partial charge in [-0.15, -0.1) is 11.3 Å². The highest BCUT2D eigenvalue weighted by Crippen LogP contribution is 2.28. The lowest BCUT2D eigenvalue weighted by Gasteiger charge is -2.10. The van der Waals surface area contributed by atoms with Crippen molar-refractivity contribution in [1.29, 1.82) is 0 Å². The number of carbonyl (C=O) groups excluding carboxylic acids is 2. The monoisotopic (exact) mass is 398 g/mol. The largest absolute Gasteiger partial charge is 0.482 e. The zero-order chi connectivity index (χ0) is 19.5. The van der Waals surface area contributed by atoms with Gasteiger partial charge in [-0.3, -0.25) is 14.0 Å². The summed E-state index contributed by atoms with van der Waals surface area (Å²) in [6, 6.07) is 7.82. The first-order chi connectivity index (χ1) is 13.6. The van der Waals surface area contributed by atoms with Crippen LogP contribution in [-0.4, -0.2) is 28.2 Å². The van der Waals surface area contributed by atoms with E-state index in [0.717, 1.165) is 37.7 Å². The Labute approximate surface area is 164 Å². The Morgan fingerprint density at radius 3 is 2.79 bits per heavy atom. The Balaban J connectivity index is 1.38. The number of esters is 1. The molecule has 144 valence electrons. The number of aromatic nitrogens is 2. The molecule has 2 aromatic heterocycles. The highest BCUT2D eigenvalue weighted by molar-refractivity contribution is 7.17. The summed E-state index contributed by atoms with van der Waals surface area (Å²) < 4.78 is 12.2. The summed E-state index contributed by atoms with van der Waals surface area (Å²) in [5.41, 5.74) is 1.88. The van der Waals surface area contributed by atoms with E-state index in [4.69, 9.17) is 9.47 Å². The molecule has 1 aromatic carbocycles. The van der Waals surface area contributed by atoms with Gasteiger partial charge in [0.1, 0.15) is 18.6 Å². The van der Waals surface area contributed by atoms with Gasteiger partial charge in [-0.05, 0) is 49.9 Å². The molecule has 4 rings (SSSR count). The van der Waals surface area contributed by atoms with Gasteiger partial charge in [0.05, 0.1) is 5.69 Å². The van der Waals surface area contributed by atoms with E-state index in [0.29, 0.717) is 22.0 Å². The summed E-state index contributed by atoms with van der Waals surface area (Å²) >= 11 is 1.53. The first kappa shape index (κ1) is 18.4. The molecular weight excluding hydrogens is 380 g/mol. The predicted octanol–water partition coefficient (Wildman–Crippen LogP) is 2.57. The number of benzene rings is 1. The van der Waals surface area contributed by atoms with E-state index in [9.17, 15) is 14.4 Å². The number of hydrogen-bond donors (Lipinski definition) is 0. The molecule has 0 atom stereocenters. The second kappa shape index (κ2) is 7.93. The van der Waals surface area contributed by atoms with E-state index in [1.54, 1.807) is 28.7 Å². The van der Waals surface area contributed by atoms with E-state index in [-0.39, 0.29) is 18.8 Å². The van der Waals surface area contributed by atoms with Gasteiger partial charge in [0.25, 0.3) is 5.56 Å². The molecule has 0 amide bonds. The zero-order valence-electron chi connectivity index (χ0n) is 15.1. The van der Waals surface area contributed by atoms with Gasteiger partial charge in [0.2, 0.25) is 0 Å². The standard InChI is InChI=1S/C20H18N2O5S/c23-10-13-5-7-15(8-6-13)26-12-19(25)27-11-14-9-18(24)22-16-3-1-2-4-17(16)28-20(22)21-14/h5-10H,1-4,11-12H2. The summed E-state index contributed by atoms with van der Waals surface area (Å²) in [5.74, 6) is -0.101. The van der Waals surface area contributed by atoms with Crippen molar-refractivity contribution >= 4 is 28.6 Å². The highest BCUT2D eigenvalue weighted by Gasteiger charge is 2.18. The van der Waals surface area contributed by atoms with Crippen LogP contribution in [0, 0.1) is 0 Å². The van der Waals surface area contributed by atoms with Gasteiger partial charge in [0, 0.05) is 22.2 Å². The molecule has 0 saturated heterocycles. The van der Waals surface area contributed by atoms with Crippen LogP contribution in [0.3, 0.4) is 0 Å². The second-order valence-corrected chi connectivity index (χ2v) is 7.58. The van der Waals surface area contributed by atoms with Crippen LogP contribution in [-0.2, 0) is 29.0 Å². The maximum atomic E-state index is 12.5. The maximum absolute atomic E-state index is 12.5. The number of ether oxygens (including phenoxy) is 2. The third-order valence-corrected chi connectivity index (χ3v) is 5.71. The number of nitrogens with zero attached hydrogens (tertiary/aromatic N) is 2. The van der Waals surface area contributed by atoms with E-state index in [1.165, 1.54) is 22.3 Å². The van der Waals surface area contributed by atoms with Gasteiger partial charge in [0.15, 0.2) is 11.6 Å². The van der Waals surface area contributed by atoms with Gasteiger partial charge >= 0.3 is 5.97 Å². The topological polar surface area (TPSA) is 87.0 Å². The Morgan fingerprint density at radius 1 is 1.21 bits per heavy atom. The van der Waals surface area contributed by atoms with Crippen molar-refractivity contribution in [2.75, 3.05) is 6.61 Å². The van der Waals surface area contributed by atoms with Gasteiger partial charge in [-0.2, -0.15) is 0 Å². The van der Waals surface area contributed by atoms with E-state index >= 15 is 0 Å². The molecule has 28 heavy (non-hydrogen) atoms. The van der Waals surface area contributed by atoms with Crippen LogP contribution in [0.15, 0.2) is 35.1 Å². The fourth-order valence-electron chi connectivity index (χ4n) is 3.20. The highest BCUT2D eigenvalue weighted by atomic mass is 32.1. The van der Waals surface area contributed by atoms with Crippen molar-refractivity contribution < 1.29 is 19.1 Å². The maximum Gasteiger partial charge on any atom is 0.344 e. The fraction of sp³-hybridized carbons (Fsp3) is 0.300. The van der Waals surface area contributed by atoms with Crippen molar-refractivity contribution in [2.45, 2.75) is 32.3 Å². The molecule has 0 N–H and O–H groups in total. The quantitative estimate of drug-likeness (QED) is 0.469. The number of carbonyl (C=O) groups is 2. The molecular formula is C20H18N2O5S. The molecule has 7 nitrogen and oxygen atoms in total. The molecule has 1 aliphatic carbocycles. The Morgan fingerprint density at radius 2 is 2.00 bits per heavy atom. The summed E-state index contributed by atoms with van der Waals surface area (Å²) in [7, 11) is 0. The number of fused-ring (bicyclic) bond motifs is 3. The molecule has 8 heteroatoms. The molecule has 0 radical (unpaired) electrons. The SMILES string of the molecule is O=Cc1ccc(OCC(=O)OCc2cc(=O)n3c4c(sc3n2)CCCC4)cc1. The van der Waals surface area contributed by atoms with Crippen molar-refractivity contribution in [3.63, 3.8) is 0 Å². The van der Waals surface area contributed by atoms with Crippen LogP contribution in [0.2, 0.25) is 0 Å². The summed E-state index contributed by atoms with van der Waals surface area (Å²) in [5, 5.41) is 0. The van der Waals surface area contributed by atoms with Crippen molar-refractivity contribution in [1.82, 2.24) is 9.38 Å².